The number of aryl methyl sites for hydroxylation is 1. The minimum Gasteiger partial charge on any atom is -0.481 e. The van der Waals surface area contributed by atoms with Crippen LogP contribution in [-0.2, 0) is 9.59 Å². The molecule has 112 valence electrons. The molecule has 1 heterocycles. The van der Waals surface area contributed by atoms with Crippen LogP contribution in [0.15, 0.2) is 18.2 Å². The molecule has 4 heteroatoms. The van der Waals surface area contributed by atoms with E-state index in [4.69, 9.17) is 5.11 Å². The molecule has 0 unspecified atom stereocenters. The fourth-order valence-corrected chi connectivity index (χ4v) is 3.44. The third-order valence-corrected chi connectivity index (χ3v) is 4.97. The van der Waals surface area contributed by atoms with Gasteiger partial charge in [-0.3, -0.25) is 9.59 Å². The van der Waals surface area contributed by atoms with E-state index in [1.54, 1.807) is 0 Å². The average molecular weight is 287 g/mol. The number of carboxylic acids is 1. The van der Waals surface area contributed by atoms with Gasteiger partial charge in [0.25, 0.3) is 0 Å². The normalized spacial score (nSPS) is 27.7. The third kappa shape index (κ3) is 2.43. The molecule has 1 aromatic rings. The summed E-state index contributed by atoms with van der Waals surface area (Å²) in [7, 11) is 0. The number of carboxylic acid groups (broad SMARTS) is 1. The van der Waals surface area contributed by atoms with Gasteiger partial charge in [0.15, 0.2) is 0 Å². The molecule has 2 aliphatic rings. The van der Waals surface area contributed by atoms with Crippen LogP contribution in [0.4, 0.5) is 0 Å². The molecule has 0 aromatic heterocycles. The van der Waals surface area contributed by atoms with E-state index in [1.807, 2.05) is 11.0 Å². The topological polar surface area (TPSA) is 57.6 Å². The van der Waals surface area contributed by atoms with Gasteiger partial charge in [-0.2, -0.15) is 0 Å². The zero-order valence-electron chi connectivity index (χ0n) is 12.5. The maximum absolute atomic E-state index is 12.6. The SMILES string of the molecule is Cc1cccc([C@@H]2CCCN2C(=O)[C@@H]2C[C@H]2C(=O)O)c1C. The predicted molar refractivity (Wildman–Crippen MR) is 78.8 cm³/mol. The molecule has 3 rings (SSSR count). The highest BCUT2D eigenvalue weighted by atomic mass is 16.4. The zero-order chi connectivity index (χ0) is 15.1. The Morgan fingerprint density at radius 1 is 1.24 bits per heavy atom. The molecular formula is C17H21NO3. The zero-order valence-corrected chi connectivity index (χ0v) is 12.5. The highest BCUT2D eigenvalue weighted by molar-refractivity contribution is 5.89. The quantitative estimate of drug-likeness (QED) is 0.930. The Morgan fingerprint density at radius 2 is 2.00 bits per heavy atom. The van der Waals surface area contributed by atoms with Gasteiger partial charge in [-0.05, 0) is 49.8 Å². The third-order valence-electron chi connectivity index (χ3n) is 4.97. The second kappa shape index (κ2) is 5.17. The van der Waals surface area contributed by atoms with Crippen LogP contribution in [0, 0.1) is 25.7 Å². The molecule has 1 N–H and O–H groups in total. The summed E-state index contributed by atoms with van der Waals surface area (Å²) in [4.78, 5) is 25.4. The fourth-order valence-electron chi connectivity index (χ4n) is 3.44. The first kappa shape index (κ1) is 14.1. The van der Waals surface area contributed by atoms with Crippen molar-refractivity contribution in [2.75, 3.05) is 6.54 Å². The van der Waals surface area contributed by atoms with Gasteiger partial charge in [0.1, 0.15) is 0 Å². The maximum Gasteiger partial charge on any atom is 0.307 e. The number of aliphatic carboxylic acids is 1. The molecule has 4 nitrogen and oxygen atoms in total. The smallest absolute Gasteiger partial charge is 0.307 e. The number of carbonyl (C=O) groups is 2. The second-order valence-corrected chi connectivity index (χ2v) is 6.27. The molecule has 1 saturated heterocycles. The van der Waals surface area contributed by atoms with Crippen LogP contribution in [0.2, 0.25) is 0 Å². The Labute approximate surface area is 124 Å². The summed E-state index contributed by atoms with van der Waals surface area (Å²) >= 11 is 0. The first-order chi connectivity index (χ1) is 10.0. The number of nitrogens with zero attached hydrogens (tertiary/aromatic N) is 1. The van der Waals surface area contributed by atoms with Crippen molar-refractivity contribution in [3.63, 3.8) is 0 Å². The van der Waals surface area contributed by atoms with E-state index in [0.29, 0.717) is 6.42 Å². The maximum atomic E-state index is 12.6. The first-order valence-corrected chi connectivity index (χ1v) is 7.60. The van der Waals surface area contributed by atoms with Crippen LogP contribution in [0.25, 0.3) is 0 Å². The summed E-state index contributed by atoms with van der Waals surface area (Å²) in [5, 5.41) is 9.01. The molecule has 0 bridgehead atoms. The Morgan fingerprint density at radius 3 is 2.67 bits per heavy atom. The Bertz CT molecular complexity index is 596. The lowest BCUT2D eigenvalue weighted by molar-refractivity contribution is -0.142. The molecule has 21 heavy (non-hydrogen) atoms. The second-order valence-electron chi connectivity index (χ2n) is 6.27. The van der Waals surface area contributed by atoms with Gasteiger partial charge in [0.2, 0.25) is 5.91 Å². The van der Waals surface area contributed by atoms with E-state index < -0.39 is 11.9 Å². The summed E-state index contributed by atoms with van der Waals surface area (Å²) in [6.45, 7) is 4.93. The molecule has 0 radical (unpaired) electrons. The van der Waals surface area contributed by atoms with E-state index >= 15 is 0 Å². The number of hydrogen-bond donors (Lipinski definition) is 1. The predicted octanol–water partition coefficient (Wildman–Crippen LogP) is 2.69. The van der Waals surface area contributed by atoms with Crippen LogP contribution < -0.4 is 0 Å². The van der Waals surface area contributed by atoms with Crippen LogP contribution in [0.1, 0.15) is 42.0 Å². The lowest BCUT2D eigenvalue weighted by Crippen LogP contribution is -2.33. The van der Waals surface area contributed by atoms with Gasteiger partial charge < -0.3 is 10.0 Å². The summed E-state index contributed by atoms with van der Waals surface area (Å²) in [6, 6.07) is 6.34. The molecule has 0 spiro atoms. The number of hydrogen-bond acceptors (Lipinski definition) is 2. The molecule has 1 aliphatic carbocycles. The van der Waals surface area contributed by atoms with E-state index in [1.165, 1.54) is 16.7 Å². The average Bonchev–Trinajstić information content (AvgIpc) is 3.12. The number of likely N-dealkylation sites (tertiary alicyclic amines) is 1. The monoisotopic (exact) mass is 287 g/mol. The number of rotatable bonds is 3. The van der Waals surface area contributed by atoms with Crippen molar-refractivity contribution in [2.24, 2.45) is 11.8 Å². The van der Waals surface area contributed by atoms with E-state index in [9.17, 15) is 9.59 Å². The molecule has 3 atom stereocenters. The Balaban J connectivity index is 1.82. The highest BCUT2D eigenvalue weighted by Crippen LogP contribution is 2.44. The van der Waals surface area contributed by atoms with Crippen LogP contribution >= 0.6 is 0 Å². The highest BCUT2D eigenvalue weighted by Gasteiger charge is 2.51. The number of benzene rings is 1. The van der Waals surface area contributed by atoms with Crippen molar-refractivity contribution < 1.29 is 14.7 Å². The van der Waals surface area contributed by atoms with Gasteiger partial charge in [-0.25, -0.2) is 0 Å². The number of carbonyl (C=O) groups excluding carboxylic acids is 1. The van der Waals surface area contributed by atoms with Gasteiger partial charge in [-0.1, -0.05) is 18.2 Å². The number of amides is 1. The van der Waals surface area contributed by atoms with Crippen molar-refractivity contribution in [1.29, 1.82) is 0 Å². The summed E-state index contributed by atoms with van der Waals surface area (Å²) in [6.07, 6.45) is 2.47. The molecule has 1 amide bonds. The van der Waals surface area contributed by atoms with Crippen molar-refractivity contribution in [3.05, 3.63) is 34.9 Å². The molecule has 1 saturated carbocycles. The minimum atomic E-state index is -0.837. The molecule has 2 fully saturated rings. The largest absolute Gasteiger partial charge is 0.481 e. The van der Waals surface area contributed by atoms with Crippen molar-refractivity contribution in [2.45, 2.75) is 39.2 Å². The van der Waals surface area contributed by atoms with Gasteiger partial charge in [0, 0.05) is 6.54 Å². The van der Waals surface area contributed by atoms with Gasteiger partial charge in [-0.15, -0.1) is 0 Å². The summed E-state index contributed by atoms with van der Waals surface area (Å²) in [5.41, 5.74) is 3.70. The lowest BCUT2D eigenvalue weighted by atomic mass is 9.96. The fraction of sp³-hybridized carbons (Fsp3) is 0.529. The van der Waals surface area contributed by atoms with Gasteiger partial charge >= 0.3 is 5.97 Å². The molecule has 1 aliphatic heterocycles. The van der Waals surface area contributed by atoms with Crippen LogP contribution in [-0.4, -0.2) is 28.4 Å². The standard InChI is InChI=1S/C17H21NO3/c1-10-5-3-6-12(11(10)2)15-7-4-8-18(15)16(19)13-9-14(13)17(20)21/h3,5-6,13-15H,4,7-9H2,1-2H3,(H,20,21)/t13-,14-,15+/m1/s1. The first-order valence-electron chi connectivity index (χ1n) is 7.60. The molecule has 1 aromatic carbocycles. The Kier molecular flexibility index (Phi) is 3.47. The van der Waals surface area contributed by atoms with Crippen molar-refractivity contribution >= 4 is 11.9 Å². The van der Waals surface area contributed by atoms with E-state index in [0.717, 1.165) is 19.4 Å². The van der Waals surface area contributed by atoms with E-state index in [2.05, 4.69) is 26.0 Å². The minimum absolute atomic E-state index is 0.0332. The van der Waals surface area contributed by atoms with Gasteiger partial charge in [0.05, 0.1) is 17.9 Å². The van der Waals surface area contributed by atoms with Crippen LogP contribution in [0.3, 0.4) is 0 Å². The van der Waals surface area contributed by atoms with Crippen LogP contribution in [0.5, 0.6) is 0 Å². The van der Waals surface area contributed by atoms with Crippen molar-refractivity contribution in [1.82, 2.24) is 4.90 Å². The van der Waals surface area contributed by atoms with Crippen molar-refractivity contribution in [3.8, 4) is 0 Å². The summed E-state index contributed by atoms with van der Waals surface area (Å²) < 4.78 is 0. The lowest BCUT2D eigenvalue weighted by Gasteiger charge is -2.27. The Hall–Kier alpha value is -1.84. The molecular weight excluding hydrogens is 266 g/mol. The van der Waals surface area contributed by atoms with E-state index in [-0.39, 0.29) is 17.9 Å². The summed E-state index contributed by atoms with van der Waals surface area (Å²) in [5.74, 6) is -1.56.